The molecule has 0 spiro atoms. The van der Waals surface area contributed by atoms with Crippen molar-refractivity contribution in [2.45, 2.75) is 85.0 Å². The SMILES string of the molecule is CCC(C)(C)c1cc(CCCCCCC(C)C)cc(C(=O)[O-])c1O.[K+]. The van der Waals surface area contributed by atoms with Crippen LogP contribution in [0.4, 0.5) is 0 Å². The van der Waals surface area contributed by atoms with Crippen molar-refractivity contribution < 1.29 is 66.4 Å². The van der Waals surface area contributed by atoms with Gasteiger partial charge in [-0.2, -0.15) is 0 Å². The molecule has 4 heteroatoms. The van der Waals surface area contributed by atoms with Gasteiger partial charge in [0.25, 0.3) is 0 Å². The zero-order valence-corrected chi connectivity index (χ0v) is 20.1. The van der Waals surface area contributed by atoms with Gasteiger partial charge in [0.15, 0.2) is 0 Å². The molecular weight excluding hydrogens is 339 g/mol. The first-order valence-electron chi connectivity index (χ1n) is 9.26. The van der Waals surface area contributed by atoms with Crippen molar-refractivity contribution in [2.75, 3.05) is 0 Å². The van der Waals surface area contributed by atoms with Gasteiger partial charge in [-0.05, 0) is 42.2 Å². The molecule has 25 heavy (non-hydrogen) atoms. The van der Waals surface area contributed by atoms with E-state index >= 15 is 0 Å². The van der Waals surface area contributed by atoms with E-state index in [9.17, 15) is 15.0 Å². The summed E-state index contributed by atoms with van der Waals surface area (Å²) in [4.78, 5) is 11.3. The van der Waals surface area contributed by atoms with E-state index in [2.05, 4.69) is 13.8 Å². The number of hydrogen-bond donors (Lipinski definition) is 1. The van der Waals surface area contributed by atoms with Crippen LogP contribution in [-0.2, 0) is 11.8 Å². The Hall–Kier alpha value is 0.126. The molecule has 0 aliphatic rings. The number of rotatable bonds is 10. The summed E-state index contributed by atoms with van der Waals surface area (Å²) in [5.74, 6) is -0.687. The van der Waals surface area contributed by atoms with Crippen molar-refractivity contribution in [1.82, 2.24) is 0 Å². The molecular formula is C21H33KO3. The van der Waals surface area contributed by atoms with E-state index in [1.807, 2.05) is 26.8 Å². The molecule has 1 aromatic carbocycles. The third kappa shape index (κ3) is 8.13. The van der Waals surface area contributed by atoms with Gasteiger partial charge < -0.3 is 15.0 Å². The molecule has 0 unspecified atom stereocenters. The molecule has 0 aliphatic carbocycles. The summed E-state index contributed by atoms with van der Waals surface area (Å²) in [6.45, 7) is 10.6. The Morgan fingerprint density at radius 1 is 1.16 bits per heavy atom. The van der Waals surface area contributed by atoms with Crippen LogP contribution in [0, 0.1) is 5.92 Å². The minimum Gasteiger partial charge on any atom is -0.545 e. The van der Waals surface area contributed by atoms with Crippen LogP contribution in [0.15, 0.2) is 12.1 Å². The third-order valence-corrected chi connectivity index (χ3v) is 5.00. The number of benzene rings is 1. The summed E-state index contributed by atoms with van der Waals surface area (Å²) in [5, 5.41) is 21.7. The fourth-order valence-electron chi connectivity index (χ4n) is 2.94. The maximum Gasteiger partial charge on any atom is 1.00 e. The number of aromatic carboxylic acids is 1. The minimum absolute atomic E-state index is 0. The maximum atomic E-state index is 11.3. The van der Waals surface area contributed by atoms with Crippen LogP contribution >= 0.6 is 0 Å². The molecule has 3 nitrogen and oxygen atoms in total. The van der Waals surface area contributed by atoms with Gasteiger partial charge in [0.05, 0.1) is 5.97 Å². The largest absolute Gasteiger partial charge is 1.00 e. The van der Waals surface area contributed by atoms with E-state index in [4.69, 9.17) is 0 Å². The molecule has 136 valence electrons. The van der Waals surface area contributed by atoms with Crippen LogP contribution in [0.25, 0.3) is 0 Å². The Labute approximate surface area is 196 Å². The Bertz CT molecular complexity index is 550. The van der Waals surface area contributed by atoms with Crippen LogP contribution in [0.3, 0.4) is 0 Å². The van der Waals surface area contributed by atoms with Gasteiger partial charge in [-0.15, -0.1) is 0 Å². The molecule has 0 radical (unpaired) electrons. The van der Waals surface area contributed by atoms with Crippen molar-refractivity contribution in [3.8, 4) is 5.75 Å². The average molecular weight is 373 g/mol. The number of phenols is 1. The summed E-state index contributed by atoms with van der Waals surface area (Å²) >= 11 is 0. The number of aryl methyl sites for hydroxylation is 1. The molecule has 0 aliphatic heterocycles. The van der Waals surface area contributed by atoms with Crippen molar-refractivity contribution >= 4 is 5.97 Å². The number of carboxylic acids is 1. The molecule has 1 aromatic rings. The smallest absolute Gasteiger partial charge is 0.545 e. The van der Waals surface area contributed by atoms with Gasteiger partial charge in [-0.1, -0.05) is 66.4 Å². The predicted octanol–water partition coefficient (Wildman–Crippen LogP) is 1.60. The molecule has 0 saturated carbocycles. The molecule has 0 fully saturated rings. The van der Waals surface area contributed by atoms with E-state index in [0.29, 0.717) is 5.56 Å². The van der Waals surface area contributed by atoms with E-state index in [1.54, 1.807) is 6.07 Å². The Kier molecular flexibility index (Phi) is 11.8. The number of unbranched alkanes of at least 4 members (excludes halogenated alkanes) is 3. The first-order chi connectivity index (χ1) is 11.2. The zero-order chi connectivity index (χ0) is 18.3. The van der Waals surface area contributed by atoms with Gasteiger partial charge in [-0.3, -0.25) is 0 Å². The number of hydrogen-bond acceptors (Lipinski definition) is 3. The summed E-state index contributed by atoms with van der Waals surface area (Å²) in [6, 6.07) is 3.55. The van der Waals surface area contributed by atoms with Crippen LogP contribution in [0.2, 0.25) is 0 Å². The number of carboxylic acid groups (broad SMARTS) is 1. The van der Waals surface area contributed by atoms with Gasteiger partial charge in [0, 0.05) is 11.1 Å². The molecule has 0 heterocycles. The van der Waals surface area contributed by atoms with Crippen LogP contribution in [0.1, 0.15) is 94.6 Å². The summed E-state index contributed by atoms with van der Waals surface area (Å²) < 4.78 is 0. The normalized spacial score (nSPS) is 11.4. The topological polar surface area (TPSA) is 60.4 Å². The minimum atomic E-state index is -1.31. The van der Waals surface area contributed by atoms with Crippen molar-refractivity contribution in [2.24, 2.45) is 5.92 Å². The van der Waals surface area contributed by atoms with Gasteiger partial charge >= 0.3 is 51.4 Å². The number of carbonyl (C=O) groups is 1. The first kappa shape index (κ1) is 25.1. The quantitative estimate of drug-likeness (QED) is 0.501. The summed E-state index contributed by atoms with van der Waals surface area (Å²) in [6.07, 6.45) is 7.61. The second kappa shape index (κ2) is 11.8. The van der Waals surface area contributed by atoms with E-state index < -0.39 is 5.97 Å². The van der Waals surface area contributed by atoms with Gasteiger partial charge in [0.2, 0.25) is 0 Å². The number of aromatic hydroxyl groups is 1. The molecule has 0 aromatic heterocycles. The van der Waals surface area contributed by atoms with Crippen LogP contribution < -0.4 is 56.5 Å². The first-order valence-corrected chi connectivity index (χ1v) is 9.26. The Morgan fingerprint density at radius 2 is 1.76 bits per heavy atom. The molecule has 1 N–H and O–H groups in total. The molecule has 0 bridgehead atoms. The molecule has 0 atom stereocenters. The van der Waals surface area contributed by atoms with Gasteiger partial charge in [0.1, 0.15) is 5.75 Å². The fraction of sp³-hybridized carbons (Fsp3) is 0.667. The Morgan fingerprint density at radius 3 is 2.28 bits per heavy atom. The molecule has 0 amide bonds. The second-order valence-electron chi connectivity index (χ2n) is 7.91. The predicted molar refractivity (Wildman–Crippen MR) is 97.4 cm³/mol. The van der Waals surface area contributed by atoms with Crippen molar-refractivity contribution in [1.29, 1.82) is 0 Å². The third-order valence-electron chi connectivity index (χ3n) is 5.00. The average Bonchev–Trinajstić information content (AvgIpc) is 2.51. The number of carbonyl (C=O) groups excluding carboxylic acids is 1. The fourth-order valence-corrected chi connectivity index (χ4v) is 2.94. The Balaban J connectivity index is 0.00000576. The van der Waals surface area contributed by atoms with Gasteiger partial charge in [-0.25, -0.2) is 0 Å². The summed E-state index contributed by atoms with van der Waals surface area (Å²) in [7, 11) is 0. The van der Waals surface area contributed by atoms with Crippen LogP contribution in [-0.4, -0.2) is 11.1 Å². The maximum absolute atomic E-state index is 11.3. The van der Waals surface area contributed by atoms with Crippen molar-refractivity contribution in [3.63, 3.8) is 0 Å². The molecule has 1 rings (SSSR count). The van der Waals surface area contributed by atoms with E-state index in [-0.39, 0.29) is 68.1 Å². The van der Waals surface area contributed by atoms with E-state index in [1.165, 1.54) is 19.3 Å². The second-order valence-corrected chi connectivity index (χ2v) is 7.91. The summed E-state index contributed by atoms with van der Waals surface area (Å²) in [5.41, 5.74) is 1.35. The van der Waals surface area contributed by atoms with E-state index in [0.717, 1.165) is 37.2 Å². The zero-order valence-electron chi connectivity index (χ0n) is 16.9. The standard InChI is InChI=1S/C21H34O3.K/c1-6-21(4,5)18-14-16(13-17(19(18)22)20(23)24)12-10-8-7-9-11-15(2)3;/h13-15,22H,6-12H2,1-5H3,(H,23,24);/q;+1/p-1. The van der Waals surface area contributed by atoms with Crippen molar-refractivity contribution in [3.05, 3.63) is 28.8 Å². The van der Waals surface area contributed by atoms with Crippen LogP contribution in [0.5, 0.6) is 5.75 Å². The molecule has 0 saturated heterocycles. The monoisotopic (exact) mass is 372 g/mol.